The van der Waals surface area contributed by atoms with Crippen LogP contribution in [-0.2, 0) is 15.5 Å². The highest BCUT2D eigenvalue weighted by atomic mass is 32.2. The number of hydrogen-bond acceptors (Lipinski definition) is 3. The number of hydrogen-bond donors (Lipinski definition) is 2. The zero-order valence-electron chi connectivity index (χ0n) is 16.9. The van der Waals surface area contributed by atoms with E-state index in [-0.39, 0.29) is 11.0 Å². The van der Waals surface area contributed by atoms with Crippen LogP contribution < -0.4 is 10.6 Å². The van der Waals surface area contributed by atoms with Crippen LogP contribution in [0.5, 0.6) is 0 Å². The summed E-state index contributed by atoms with van der Waals surface area (Å²) in [6, 6.07) is 0.712. The molecule has 0 amide bonds. The summed E-state index contributed by atoms with van der Waals surface area (Å²) in [4.78, 5) is 4.65. The molecule has 0 aromatic rings. The van der Waals surface area contributed by atoms with Gasteiger partial charge in [-0.05, 0) is 39.5 Å². The molecule has 146 valence electrons. The monoisotopic (exact) mass is 371 g/mol. The largest absolute Gasteiger partial charge is 0.378 e. The van der Waals surface area contributed by atoms with E-state index in [1.165, 1.54) is 0 Å². The molecule has 2 saturated carbocycles. The fourth-order valence-corrected chi connectivity index (χ4v) is 5.47. The average molecular weight is 372 g/mol. The lowest BCUT2D eigenvalue weighted by molar-refractivity contribution is -0.176. The number of ether oxygens (including phenoxy) is 1. The molecule has 2 aliphatic rings. The van der Waals surface area contributed by atoms with E-state index in [0.29, 0.717) is 17.3 Å². The van der Waals surface area contributed by atoms with E-state index in [2.05, 4.69) is 43.3 Å². The van der Waals surface area contributed by atoms with Crippen LogP contribution in [0, 0.1) is 5.41 Å². The molecule has 2 aliphatic carbocycles. The summed E-state index contributed by atoms with van der Waals surface area (Å²) in [5.41, 5.74) is -0.0350. The SMILES string of the molecule is CCN=C(NC1CCCC(S(=O)CC)C1)NC1CC(C)(OC)C1(C)C. The molecule has 0 aromatic carbocycles. The number of methoxy groups -OCH3 is 1. The second-order valence-corrected chi connectivity index (χ2v) is 10.2. The normalized spacial score (nSPS) is 36.4. The van der Waals surface area contributed by atoms with Crippen molar-refractivity contribution in [1.29, 1.82) is 0 Å². The van der Waals surface area contributed by atoms with Crippen molar-refractivity contribution >= 4 is 16.8 Å². The minimum absolute atomic E-state index is 0.0523. The van der Waals surface area contributed by atoms with Crippen LogP contribution in [0.15, 0.2) is 4.99 Å². The van der Waals surface area contributed by atoms with Gasteiger partial charge in [0.15, 0.2) is 5.96 Å². The molecular formula is C19H37N3O2S. The lowest BCUT2D eigenvalue weighted by atomic mass is 9.56. The van der Waals surface area contributed by atoms with Crippen molar-refractivity contribution in [3.63, 3.8) is 0 Å². The molecule has 6 heteroatoms. The third-order valence-electron chi connectivity index (χ3n) is 6.53. The van der Waals surface area contributed by atoms with Crippen molar-refractivity contribution in [1.82, 2.24) is 10.6 Å². The molecule has 0 bridgehead atoms. The van der Waals surface area contributed by atoms with E-state index in [0.717, 1.165) is 50.4 Å². The third-order valence-corrected chi connectivity index (χ3v) is 8.27. The van der Waals surface area contributed by atoms with Crippen molar-refractivity contribution in [3.05, 3.63) is 0 Å². The molecule has 2 fully saturated rings. The van der Waals surface area contributed by atoms with Gasteiger partial charge in [0.1, 0.15) is 0 Å². The summed E-state index contributed by atoms with van der Waals surface area (Å²) in [5.74, 6) is 1.66. The molecule has 5 nitrogen and oxygen atoms in total. The van der Waals surface area contributed by atoms with Crippen LogP contribution in [0.4, 0.5) is 0 Å². The predicted octanol–water partition coefficient (Wildman–Crippen LogP) is 2.82. The van der Waals surface area contributed by atoms with E-state index in [4.69, 9.17) is 4.74 Å². The summed E-state index contributed by atoms with van der Waals surface area (Å²) >= 11 is 0. The topological polar surface area (TPSA) is 62.7 Å². The summed E-state index contributed by atoms with van der Waals surface area (Å²) in [6.45, 7) is 11.5. The summed E-state index contributed by atoms with van der Waals surface area (Å²) in [7, 11) is 1.10. The fraction of sp³-hybridized carbons (Fsp3) is 0.947. The number of nitrogens with one attached hydrogen (secondary N) is 2. The number of rotatable bonds is 6. The maximum absolute atomic E-state index is 12.2. The fourth-order valence-electron chi connectivity index (χ4n) is 4.12. The Morgan fingerprint density at radius 3 is 2.52 bits per heavy atom. The van der Waals surface area contributed by atoms with Crippen molar-refractivity contribution in [2.45, 2.75) is 89.7 Å². The van der Waals surface area contributed by atoms with Gasteiger partial charge in [0.05, 0.1) is 5.60 Å². The average Bonchev–Trinajstić information content (AvgIpc) is 2.60. The Hall–Kier alpha value is -0.620. The first-order valence-corrected chi connectivity index (χ1v) is 11.2. The van der Waals surface area contributed by atoms with Crippen molar-refractivity contribution in [3.8, 4) is 0 Å². The van der Waals surface area contributed by atoms with E-state index in [9.17, 15) is 4.21 Å². The Balaban J connectivity index is 1.96. The van der Waals surface area contributed by atoms with Gasteiger partial charge in [0, 0.05) is 53.0 Å². The van der Waals surface area contributed by atoms with Crippen LogP contribution in [0.2, 0.25) is 0 Å². The van der Waals surface area contributed by atoms with Gasteiger partial charge in [0.2, 0.25) is 0 Å². The molecule has 2 rings (SSSR count). The molecule has 0 radical (unpaired) electrons. The lowest BCUT2D eigenvalue weighted by Gasteiger charge is -2.59. The van der Waals surface area contributed by atoms with Crippen molar-refractivity contribution in [2.24, 2.45) is 10.4 Å². The van der Waals surface area contributed by atoms with Gasteiger partial charge in [0.25, 0.3) is 0 Å². The predicted molar refractivity (Wildman–Crippen MR) is 107 cm³/mol. The molecule has 5 unspecified atom stereocenters. The summed E-state index contributed by atoms with van der Waals surface area (Å²) in [5, 5.41) is 7.56. The van der Waals surface area contributed by atoms with Crippen molar-refractivity contribution < 1.29 is 8.95 Å². The highest BCUT2D eigenvalue weighted by Crippen LogP contribution is 2.51. The maximum atomic E-state index is 12.2. The Morgan fingerprint density at radius 2 is 1.96 bits per heavy atom. The van der Waals surface area contributed by atoms with Gasteiger partial charge >= 0.3 is 0 Å². The lowest BCUT2D eigenvalue weighted by Crippen LogP contribution is -2.69. The second-order valence-electron chi connectivity index (χ2n) is 8.18. The van der Waals surface area contributed by atoms with E-state index >= 15 is 0 Å². The Labute approximate surface area is 156 Å². The third kappa shape index (κ3) is 4.38. The van der Waals surface area contributed by atoms with Crippen LogP contribution in [0.3, 0.4) is 0 Å². The quantitative estimate of drug-likeness (QED) is 0.557. The van der Waals surface area contributed by atoms with E-state index in [1.807, 2.05) is 6.92 Å². The Kier molecular flexibility index (Phi) is 6.94. The van der Waals surface area contributed by atoms with Gasteiger partial charge in [-0.2, -0.15) is 0 Å². The Bertz CT molecular complexity index is 509. The molecule has 5 atom stereocenters. The highest BCUT2D eigenvalue weighted by Gasteiger charge is 2.58. The number of aliphatic imine (C=N–C) groups is 1. The molecular weight excluding hydrogens is 334 g/mol. The molecule has 0 heterocycles. The molecule has 0 aliphatic heterocycles. The van der Waals surface area contributed by atoms with Crippen LogP contribution >= 0.6 is 0 Å². The molecule has 25 heavy (non-hydrogen) atoms. The molecule has 0 spiro atoms. The first-order chi connectivity index (χ1) is 11.8. The van der Waals surface area contributed by atoms with Crippen molar-refractivity contribution in [2.75, 3.05) is 19.4 Å². The standard InChI is InChI=1S/C19H37N3O2S/c1-7-20-17(22-16-13-19(5,24-6)18(16,3)4)21-14-10-9-11-15(12-14)25(23)8-2/h14-16H,7-13H2,1-6H3,(H2,20,21,22). The van der Waals surface area contributed by atoms with Crippen LogP contribution in [0.25, 0.3) is 0 Å². The second kappa shape index (κ2) is 8.38. The number of guanidine groups is 1. The summed E-state index contributed by atoms with van der Waals surface area (Å²) in [6.07, 6.45) is 5.33. The van der Waals surface area contributed by atoms with Crippen LogP contribution in [0.1, 0.15) is 66.7 Å². The minimum atomic E-state index is -0.695. The smallest absolute Gasteiger partial charge is 0.191 e. The highest BCUT2D eigenvalue weighted by molar-refractivity contribution is 7.85. The first-order valence-electron chi connectivity index (χ1n) is 9.77. The van der Waals surface area contributed by atoms with E-state index < -0.39 is 10.8 Å². The van der Waals surface area contributed by atoms with Gasteiger partial charge < -0.3 is 15.4 Å². The van der Waals surface area contributed by atoms with Gasteiger partial charge in [-0.3, -0.25) is 9.20 Å². The zero-order valence-corrected chi connectivity index (χ0v) is 17.7. The molecule has 2 N–H and O–H groups in total. The van der Waals surface area contributed by atoms with Crippen LogP contribution in [-0.4, -0.2) is 52.5 Å². The first kappa shape index (κ1) is 20.7. The minimum Gasteiger partial charge on any atom is -0.378 e. The van der Waals surface area contributed by atoms with Gasteiger partial charge in [-0.25, -0.2) is 0 Å². The van der Waals surface area contributed by atoms with Gasteiger partial charge in [-0.1, -0.05) is 27.2 Å². The number of nitrogens with zero attached hydrogens (tertiary/aromatic N) is 1. The molecule has 0 aromatic heterocycles. The summed E-state index contributed by atoms with van der Waals surface area (Å²) < 4.78 is 17.9. The Morgan fingerprint density at radius 1 is 1.24 bits per heavy atom. The zero-order chi connectivity index (χ0) is 18.7. The van der Waals surface area contributed by atoms with Gasteiger partial charge in [-0.15, -0.1) is 0 Å². The molecule has 0 saturated heterocycles. The van der Waals surface area contributed by atoms with E-state index in [1.54, 1.807) is 7.11 Å². The maximum Gasteiger partial charge on any atom is 0.191 e.